The van der Waals surface area contributed by atoms with Gasteiger partial charge in [0.1, 0.15) is 11.6 Å². The normalized spacial score (nSPS) is 10.3. The van der Waals surface area contributed by atoms with Crippen LogP contribution in [0.5, 0.6) is 0 Å². The fourth-order valence-electron chi connectivity index (χ4n) is 1.66. The molecular weight excluding hydrogens is 258 g/mol. The van der Waals surface area contributed by atoms with E-state index in [1.807, 2.05) is 13.8 Å². The first-order valence-electron chi connectivity index (χ1n) is 6.31. The lowest BCUT2D eigenvalue weighted by atomic mass is 10.3. The molecule has 8 nitrogen and oxygen atoms in total. The van der Waals surface area contributed by atoms with Gasteiger partial charge in [-0.15, -0.1) is 10.2 Å². The monoisotopic (exact) mass is 275 g/mol. The average molecular weight is 275 g/mol. The number of aromatic nitrogens is 5. The second-order valence-corrected chi connectivity index (χ2v) is 4.33. The van der Waals surface area contributed by atoms with Gasteiger partial charge in [-0.05, 0) is 26.0 Å². The number of H-pyrrole nitrogens is 1. The maximum absolute atomic E-state index is 12.2. The number of hydrogen-bond acceptors (Lipinski definition) is 6. The van der Waals surface area contributed by atoms with Crippen molar-refractivity contribution < 1.29 is 4.79 Å². The first-order valence-corrected chi connectivity index (χ1v) is 6.31. The summed E-state index contributed by atoms with van der Waals surface area (Å²) in [7, 11) is 1.67. The summed E-state index contributed by atoms with van der Waals surface area (Å²) in [5.74, 6) is 1.71. The molecule has 2 rings (SSSR count). The van der Waals surface area contributed by atoms with Gasteiger partial charge in [0.25, 0.3) is 5.91 Å². The third-order valence-corrected chi connectivity index (χ3v) is 2.61. The van der Waals surface area contributed by atoms with E-state index in [0.29, 0.717) is 23.9 Å². The van der Waals surface area contributed by atoms with Crippen molar-refractivity contribution in [1.82, 2.24) is 30.3 Å². The summed E-state index contributed by atoms with van der Waals surface area (Å²) in [5.41, 5.74) is 0.293. The molecule has 0 spiro atoms. The lowest BCUT2D eigenvalue weighted by Crippen LogP contribution is -2.27. The van der Waals surface area contributed by atoms with Crippen LogP contribution in [0.1, 0.15) is 29.1 Å². The van der Waals surface area contributed by atoms with Crippen molar-refractivity contribution in [1.29, 1.82) is 0 Å². The lowest BCUT2D eigenvalue weighted by Gasteiger charge is -2.14. The summed E-state index contributed by atoms with van der Waals surface area (Å²) in [6, 6.07) is 3.38. The van der Waals surface area contributed by atoms with E-state index in [1.165, 1.54) is 4.90 Å². The highest BCUT2D eigenvalue weighted by Crippen LogP contribution is 2.06. The van der Waals surface area contributed by atoms with Crippen molar-refractivity contribution in [2.24, 2.45) is 0 Å². The van der Waals surface area contributed by atoms with Gasteiger partial charge in [-0.25, -0.2) is 4.98 Å². The van der Waals surface area contributed by atoms with Crippen molar-refractivity contribution >= 4 is 11.7 Å². The molecule has 0 aliphatic heterocycles. The topological polar surface area (TPSA) is 99.7 Å². The zero-order valence-corrected chi connectivity index (χ0v) is 11.7. The Bertz CT molecular complexity index is 578. The van der Waals surface area contributed by atoms with Crippen LogP contribution in [0, 0.1) is 6.92 Å². The standard InChI is InChI=1S/C12H17N7O/c1-4-13-10-6-5-9(16-17-10)12(20)19(3)7-11-14-8(2)15-18-11/h5-6H,4,7H2,1-3H3,(H,13,17)(H,14,15,18). The maximum Gasteiger partial charge on any atom is 0.274 e. The molecule has 0 bridgehead atoms. The van der Waals surface area contributed by atoms with Crippen LogP contribution < -0.4 is 5.32 Å². The molecule has 1 amide bonds. The van der Waals surface area contributed by atoms with Gasteiger partial charge in [-0.2, -0.15) is 5.10 Å². The highest BCUT2D eigenvalue weighted by molar-refractivity contribution is 5.91. The van der Waals surface area contributed by atoms with E-state index >= 15 is 0 Å². The molecule has 20 heavy (non-hydrogen) atoms. The molecule has 0 aliphatic rings. The van der Waals surface area contributed by atoms with E-state index in [0.717, 1.165) is 12.4 Å². The molecule has 0 saturated heterocycles. The van der Waals surface area contributed by atoms with Crippen molar-refractivity contribution in [3.05, 3.63) is 29.5 Å². The van der Waals surface area contributed by atoms with Gasteiger partial charge >= 0.3 is 0 Å². The van der Waals surface area contributed by atoms with Crippen LogP contribution in [0.4, 0.5) is 5.82 Å². The van der Waals surface area contributed by atoms with Crippen LogP contribution in [0.2, 0.25) is 0 Å². The molecule has 2 heterocycles. The van der Waals surface area contributed by atoms with Crippen LogP contribution in [0.3, 0.4) is 0 Å². The fourth-order valence-corrected chi connectivity index (χ4v) is 1.66. The molecular formula is C12H17N7O. The van der Waals surface area contributed by atoms with Crippen molar-refractivity contribution in [2.45, 2.75) is 20.4 Å². The van der Waals surface area contributed by atoms with Gasteiger partial charge in [0, 0.05) is 13.6 Å². The minimum Gasteiger partial charge on any atom is -0.369 e. The van der Waals surface area contributed by atoms with Gasteiger partial charge < -0.3 is 10.2 Å². The van der Waals surface area contributed by atoms with Crippen LogP contribution >= 0.6 is 0 Å². The first-order chi connectivity index (χ1) is 9.60. The number of aryl methyl sites for hydroxylation is 1. The number of aromatic amines is 1. The molecule has 2 aromatic heterocycles. The molecule has 0 aromatic carbocycles. The summed E-state index contributed by atoms with van der Waals surface area (Å²) in [4.78, 5) is 17.8. The van der Waals surface area contributed by atoms with E-state index in [9.17, 15) is 4.79 Å². The van der Waals surface area contributed by atoms with Crippen molar-refractivity contribution in [2.75, 3.05) is 18.9 Å². The zero-order chi connectivity index (χ0) is 14.5. The maximum atomic E-state index is 12.2. The molecule has 2 aromatic rings. The number of anilines is 1. The summed E-state index contributed by atoms with van der Waals surface area (Å²) >= 11 is 0. The van der Waals surface area contributed by atoms with Gasteiger partial charge in [-0.1, -0.05) is 0 Å². The Kier molecular flexibility index (Phi) is 4.24. The fraction of sp³-hybridized carbons (Fsp3) is 0.417. The summed E-state index contributed by atoms with van der Waals surface area (Å²) in [6.07, 6.45) is 0. The molecule has 106 valence electrons. The first kappa shape index (κ1) is 13.9. The number of hydrogen-bond donors (Lipinski definition) is 2. The van der Waals surface area contributed by atoms with E-state index in [1.54, 1.807) is 19.2 Å². The number of carbonyl (C=O) groups is 1. The predicted octanol–water partition coefficient (Wildman–Crippen LogP) is 0.607. The minimum absolute atomic E-state index is 0.219. The SMILES string of the molecule is CCNc1ccc(C(=O)N(C)Cc2n[nH]c(C)n2)nn1. The zero-order valence-electron chi connectivity index (χ0n) is 11.7. The summed E-state index contributed by atoms with van der Waals surface area (Å²) in [5, 5.41) is 17.6. The second kappa shape index (κ2) is 6.09. The van der Waals surface area contributed by atoms with Crippen molar-refractivity contribution in [3.63, 3.8) is 0 Å². The average Bonchev–Trinajstić information content (AvgIpc) is 2.84. The number of amides is 1. The van der Waals surface area contributed by atoms with Crippen molar-refractivity contribution in [3.8, 4) is 0 Å². The Morgan fingerprint density at radius 3 is 2.75 bits per heavy atom. The van der Waals surface area contributed by atoms with Crippen LogP contribution in [0.15, 0.2) is 12.1 Å². The van der Waals surface area contributed by atoms with Gasteiger partial charge in [0.2, 0.25) is 0 Å². The number of carbonyl (C=O) groups excluding carboxylic acids is 1. The second-order valence-electron chi connectivity index (χ2n) is 4.33. The predicted molar refractivity (Wildman–Crippen MR) is 73.1 cm³/mol. The molecule has 0 radical (unpaired) electrons. The molecule has 8 heteroatoms. The van der Waals surface area contributed by atoms with E-state index in [2.05, 4.69) is 30.7 Å². The lowest BCUT2D eigenvalue weighted by molar-refractivity contribution is 0.0774. The third-order valence-electron chi connectivity index (χ3n) is 2.61. The van der Waals surface area contributed by atoms with Crippen LogP contribution in [-0.2, 0) is 6.54 Å². The summed E-state index contributed by atoms with van der Waals surface area (Å²) < 4.78 is 0. The van der Waals surface area contributed by atoms with Gasteiger partial charge in [0.15, 0.2) is 11.5 Å². The molecule has 2 N–H and O–H groups in total. The molecule has 0 unspecified atom stereocenters. The molecule has 0 aliphatic carbocycles. The van der Waals surface area contributed by atoms with E-state index in [4.69, 9.17) is 0 Å². The number of rotatable bonds is 5. The highest BCUT2D eigenvalue weighted by atomic mass is 16.2. The van der Waals surface area contributed by atoms with Crippen LogP contribution in [-0.4, -0.2) is 49.8 Å². The van der Waals surface area contributed by atoms with E-state index in [-0.39, 0.29) is 5.91 Å². The Morgan fingerprint density at radius 1 is 1.40 bits per heavy atom. The Morgan fingerprint density at radius 2 is 2.20 bits per heavy atom. The van der Waals surface area contributed by atoms with Crippen LogP contribution in [0.25, 0.3) is 0 Å². The van der Waals surface area contributed by atoms with E-state index < -0.39 is 0 Å². The minimum atomic E-state index is -0.219. The smallest absolute Gasteiger partial charge is 0.274 e. The number of nitrogens with zero attached hydrogens (tertiary/aromatic N) is 5. The van der Waals surface area contributed by atoms with Gasteiger partial charge in [0.05, 0.1) is 6.54 Å². The Labute approximate surface area is 116 Å². The van der Waals surface area contributed by atoms with Gasteiger partial charge in [-0.3, -0.25) is 9.89 Å². The summed E-state index contributed by atoms with van der Waals surface area (Å²) in [6.45, 7) is 4.85. The molecule has 0 atom stereocenters. The Hall–Kier alpha value is -2.51. The largest absolute Gasteiger partial charge is 0.369 e. The number of nitrogens with one attached hydrogen (secondary N) is 2. The Balaban J connectivity index is 2.02. The highest BCUT2D eigenvalue weighted by Gasteiger charge is 2.15. The molecule has 0 saturated carbocycles. The molecule has 0 fully saturated rings. The third kappa shape index (κ3) is 3.28. The quantitative estimate of drug-likeness (QED) is 0.829.